The zero-order chi connectivity index (χ0) is 21.8. The van der Waals surface area contributed by atoms with Crippen molar-refractivity contribution in [3.05, 3.63) is 53.5 Å². The molecule has 2 aromatic heterocycles. The molecule has 0 spiro atoms. The summed E-state index contributed by atoms with van der Waals surface area (Å²) in [5.41, 5.74) is 6.69. The zero-order valence-electron chi connectivity index (χ0n) is 18.9. The maximum atomic E-state index is 5.55. The fraction of sp³-hybridized carbons (Fsp3) is 0.458. The molecule has 7 nitrogen and oxygen atoms in total. The Morgan fingerprint density at radius 1 is 1.29 bits per heavy atom. The number of anilines is 2. The SMILES string of the molecule is CCOCCC1NCCc2cc(Nc3ncc(C)c(-c4cnn(C(C)C)c4)n3)ccc21. The molecule has 3 aromatic rings. The standard InChI is InChI=1S/C24H32N6O/c1-5-31-11-9-22-21-7-6-20(12-18(21)8-10-25-22)28-24-26-13-17(4)23(29-24)19-14-27-30(15-19)16(2)3/h6-7,12-16,22,25H,5,8-11H2,1-4H3,(H,26,28,29). The van der Waals surface area contributed by atoms with Gasteiger partial charge in [0.25, 0.3) is 0 Å². The monoisotopic (exact) mass is 420 g/mol. The van der Waals surface area contributed by atoms with Crippen LogP contribution in [0.15, 0.2) is 36.8 Å². The predicted molar refractivity (Wildman–Crippen MR) is 124 cm³/mol. The van der Waals surface area contributed by atoms with E-state index in [-0.39, 0.29) is 0 Å². The lowest BCUT2D eigenvalue weighted by Crippen LogP contribution is -2.30. The quantitative estimate of drug-likeness (QED) is 0.519. The molecule has 1 atom stereocenters. The zero-order valence-corrected chi connectivity index (χ0v) is 18.9. The maximum Gasteiger partial charge on any atom is 0.227 e. The Hall–Kier alpha value is -2.77. The average Bonchev–Trinajstić information content (AvgIpc) is 3.26. The Balaban J connectivity index is 1.53. The molecule has 0 fully saturated rings. The number of hydrogen-bond acceptors (Lipinski definition) is 6. The van der Waals surface area contributed by atoms with Crippen LogP contribution in [-0.2, 0) is 11.2 Å². The van der Waals surface area contributed by atoms with Gasteiger partial charge < -0.3 is 15.4 Å². The van der Waals surface area contributed by atoms with E-state index in [2.05, 4.69) is 52.8 Å². The second-order valence-corrected chi connectivity index (χ2v) is 8.31. The molecule has 2 N–H and O–H groups in total. The summed E-state index contributed by atoms with van der Waals surface area (Å²) in [6, 6.07) is 7.21. The number of fused-ring (bicyclic) bond motifs is 1. The van der Waals surface area contributed by atoms with Gasteiger partial charge in [0.1, 0.15) is 0 Å². The third-order valence-corrected chi connectivity index (χ3v) is 5.69. The van der Waals surface area contributed by atoms with Gasteiger partial charge in [0.15, 0.2) is 0 Å². The van der Waals surface area contributed by atoms with Gasteiger partial charge in [-0.2, -0.15) is 5.10 Å². The van der Waals surface area contributed by atoms with Gasteiger partial charge in [-0.3, -0.25) is 4.68 Å². The second-order valence-electron chi connectivity index (χ2n) is 8.31. The van der Waals surface area contributed by atoms with Crippen molar-refractivity contribution in [2.45, 2.75) is 52.6 Å². The molecule has 0 bridgehead atoms. The highest BCUT2D eigenvalue weighted by Gasteiger charge is 2.20. The van der Waals surface area contributed by atoms with Crippen molar-refractivity contribution < 1.29 is 4.74 Å². The minimum atomic E-state index is 0.316. The third-order valence-electron chi connectivity index (χ3n) is 5.69. The molecule has 0 aliphatic carbocycles. The summed E-state index contributed by atoms with van der Waals surface area (Å²) in [6.45, 7) is 10.8. The summed E-state index contributed by atoms with van der Waals surface area (Å²) in [5, 5.41) is 11.5. The van der Waals surface area contributed by atoms with Crippen molar-refractivity contribution in [2.75, 3.05) is 25.1 Å². The van der Waals surface area contributed by atoms with Crippen LogP contribution in [0.5, 0.6) is 0 Å². The fourth-order valence-corrected chi connectivity index (χ4v) is 4.00. The van der Waals surface area contributed by atoms with Gasteiger partial charge >= 0.3 is 0 Å². The largest absolute Gasteiger partial charge is 0.382 e. The molecule has 31 heavy (non-hydrogen) atoms. The lowest BCUT2D eigenvalue weighted by Gasteiger charge is -2.27. The second kappa shape index (κ2) is 9.58. The minimum absolute atomic E-state index is 0.316. The van der Waals surface area contributed by atoms with E-state index in [1.54, 1.807) is 0 Å². The number of benzene rings is 1. The first-order valence-electron chi connectivity index (χ1n) is 11.1. The molecule has 1 aliphatic rings. The van der Waals surface area contributed by atoms with Crippen LogP contribution in [0.25, 0.3) is 11.3 Å². The fourth-order valence-electron chi connectivity index (χ4n) is 4.00. The Morgan fingerprint density at radius 3 is 2.94 bits per heavy atom. The number of ether oxygens (including phenoxy) is 1. The number of rotatable bonds is 8. The summed E-state index contributed by atoms with van der Waals surface area (Å²) < 4.78 is 7.50. The average molecular weight is 421 g/mol. The van der Waals surface area contributed by atoms with Gasteiger partial charge in [-0.25, -0.2) is 9.97 Å². The van der Waals surface area contributed by atoms with Crippen molar-refractivity contribution in [3.8, 4) is 11.3 Å². The molecule has 0 saturated carbocycles. The normalized spacial score (nSPS) is 15.8. The van der Waals surface area contributed by atoms with Crippen LogP contribution in [-0.4, -0.2) is 39.5 Å². The van der Waals surface area contributed by atoms with Crippen LogP contribution >= 0.6 is 0 Å². The van der Waals surface area contributed by atoms with Gasteiger partial charge in [-0.05, 0) is 75.9 Å². The van der Waals surface area contributed by atoms with Gasteiger partial charge in [-0.1, -0.05) is 6.07 Å². The van der Waals surface area contributed by atoms with Crippen molar-refractivity contribution in [3.63, 3.8) is 0 Å². The summed E-state index contributed by atoms with van der Waals surface area (Å²) in [6.07, 6.45) is 7.78. The summed E-state index contributed by atoms with van der Waals surface area (Å²) in [5.74, 6) is 0.597. The van der Waals surface area contributed by atoms with Crippen LogP contribution in [0.1, 0.15) is 56.0 Å². The lowest BCUT2D eigenvalue weighted by atomic mass is 9.92. The molecule has 1 aliphatic heterocycles. The van der Waals surface area contributed by atoms with Crippen LogP contribution in [0.2, 0.25) is 0 Å². The molecule has 7 heteroatoms. The first-order valence-corrected chi connectivity index (χ1v) is 11.1. The Kier molecular flexibility index (Phi) is 6.63. The smallest absolute Gasteiger partial charge is 0.227 e. The van der Waals surface area contributed by atoms with E-state index in [1.165, 1.54) is 11.1 Å². The molecule has 4 rings (SSSR count). The molecule has 1 aromatic carbocycles. The molecule has 0 amide bonds. The molecular weight excluding hydrogens is 388 g/mol. The van der Waals surface area contributed by atoms with Gasteiger partial charge in [0, 0.05) is 48.9 Å². The summed E-state index contributed by atoms with van der Waals surface area (Å²) >= 11 is 0. The first-order chi connectivity index (χ1) is 15.0. The van der Waals surface area contributed by atoms with Crippen molar-refractivity contribution >= 4 is 11.6 Å². The third kappa shape index (κ3) is 4.94. The van der Waals surface area contributed by atoms with Crippen molar-refractivity contribution in [2.24, 2.45) is 0 Å². The van der Waals surface area contributed by atoms with Crippen LogP contribution in [0, 0.1) is 6.92 Å². The number of aryl methyl sites for hydroxylation is 1. The molecule has 1 unspecified atom stereocenters. The predicted octanol–water partition coefficient (Wildman–Crippen LogP) is 4.59. The van der Waals surface area contributed by atoms with Crippen molar-refractivity contribution in [1.29, 1.82) is 0 Å². The first kappa shape index (κ1) is 21.5. The highest BCUT2D eigenvalue weighted by atomic mass is 16.5. The van der Waals surface area contributed by atoms with E-state index >= 15 is 0 Å². The topological polar surface area (TPSA) is 76.9 Å². The van der Waals surface area contributed by atoms with Gasteiger partial charge in [0.2, 0.25) is 5.95 Å². The van der Waals surface area contributed by atoms with E-state index in [1.807, 2.05) is 37.1 Å². The van der Waals surface area contributed by atoms with Crippen molar-refractivity contribution in [1.82, 2.24) is 25.1 Å². The van der Waals surface area contributed by atoms with Crippen LogP contribution < -0.4 is 10.6 Å². The minimum Gasteiger partial charge on any atom is -0.382 e. The number of nitrogens with one attached hydrogen (secondary N) is 2. The number of hydrogen-bond donors (Lipinski definition) is 2. The highest BCUT2D eigenvalue weighted by molar-refractivity contribution is 5.64. The summed E-state index contributed by atoms with van der Waals surface area (Å²) in [7, 11) is 0. The molecule has 164 valence electrons. The summed E-state index contributed by atoms with van der Waals surface area (Å²) in [4.78, 5) is 9.28. The van der Waals surface area contributed by atoms with E-state index in [0.717, 1.165) is 55.1 Å². The Labute approximate surface area is 184 Å². The number of nitrogens with zero attached hydrogens (tertiary/aromatic N) is 4. The highest BCUT2D eigenvalue weighted by Crippen LogP contribution is 2.29. The Morgan fingerprint density at radius 2 is 2.16 bits per heavy atom. The molecule has 0 radical (unpaired) electrons. The lowest BCUT2D eigenvalue weighted by molar-refractivity contribution is 0.135. The molecule has 3 heterocycles. The van der Waals surface area contributed by atoms with E-state index in [0.29, 0.717) is 18.0 Å². The Bertz CT molecular complexity index is 1030. The van der Waals surface area contributed by atoms with E-state index in [9.17, 15) is 0 Å². The molecule has 0 saturated heterocycles. The van der Waals surface area contributed by atoms with Gasteiger partial charge in [-0.15, -0.1) is 0 Å². The van der Waals surface area contributed by atoms with E-state index < -0.39 is 0 Å². The van der Waals surface area contributed by atoms with E-state index in [4.69, 9.17) is 9.72 Å². The number of aromatic nitrogens is 4. The van der Waals surface area contributed by atoms with Crippen LogP contribution in [0.3, 0.4) is 0 Å². The maximum absolute atomic E-state index is 5.55. The van der Waals surface area contributed by atoms with Gasteiger partial charge in [0.05, 0.1) is 11.9 Å². The van der Waals surface area contributed by atoms with Crippen LogP contribution in [0.4, 0.5) is 11.6 Å². The molecular formula is C24H32N6O.